The number of halogens is 1. The Morgan fingerprint density at radius 1 is 0.886 bits per heavy atom. The van der Waals surface area contributed by atoms with Crippen molar-refractivity contribution in [2.24, 2.45) is 0 Å². The Kier molecular flexibility index (Phi) is 7.58. The number of tetrazole rings is 1. The molecule has 1 heterocycles. The van der Waals surface area contributed by atoms with Crippen molar-refractivity contribution in [1.82, 2.24) is 25.5 Å². The number of fused-ring (bicyclic) bond motifs is 1. The number of benzene rings is 4. The lowest BCUT2D eigenvalue weighted by atomic mass is 10.0. The average molecular weight is 502 g/mol. The van der Waals surface area contributed by atoms with Crippen LogP contribution < -0.4 is 10.1 Å². The predicted molar refractivity (Wildman–Crippen MR) is 141 cm³/mol. The standard InChI is InChI=1S/C27H24ClN5OS/c28-25-13-7-5-9-21(25)19-34-26-15-14-20-8-4-6-12-23(20)24(26)18-29-16-17-35-27-30-31-32-33(27)22-10-2-1-3-11-22/h1-15,29H,16-19H2. The second-order valence-electron chi connectivity index (χ2n) is 7.88. The summed E-state index contributed by atoms with van der Waals surface area (Å²) in [6.45, 7) is 1.89. The molecular weight excluding hydrogens is 478 g/mol. The molecule has 0 bridgehead atoms. The van der Waals surface area contributed by atoms with Crippen LogP contribution in [0.4, 0.5) is 0 Å². The van der Waals surface area contributed by atoms with Crippen LogP contribution in [0.2, 0.25) is 5.02 Å². The molecule has 0 spiro atoms. The van der Waals surface area contributed by atoms with Gasteiger partial charge in [-0.05, 0) is 45.5 Å². The minimum Gasteiger partial charge on any atom is -0.488 e. The average Bonchev–Trinajstić information content (AvgIpc) is 3.37. The molecular formula is C27H24ClN5OS. The van der Waals surface area contributed by atoms with Crippen LogP contribution in [0.15, 0.2) is 96.2 Å². The van der Waals surface area contributed by atoms with Gasteiger partial charge in [-0.3, -0.25) is 0 Å². The third-order valence-electron chi connectivity index (χ3n) is 5.59. The number of ether oxygens (including phenoxy) is 1. The van der Waals surface area contributed by atoms with E-state index in [-0.39, 0.29) is 0 Å². The number of hydrogen-bond acceptors (Lipinski definition) is 6. The Morgan fingerprint density at radius 3 is 2.57 bits per heavy atom. The van der Waals surface area contributed by atoms with Gasteiger partial charge in [0, 0.05) is 35.0 Å². The highest BCUT2D eigenvalue weighted by Gasteiger charge is 2.11. The zero-order valence-corrected chi connectivity index (χ0v) is 20.5. The molecule has 0 amide bonds. The third-order valence-corrected chi connectivity index (χ3v) is 6.88. The molecule has 5 rings (SSSR count). The second kappa shape index (κ2) is 11.4. The van der Waals surface area contributed by atoms with Crippen LogP contribution in [-0.4, -0.2) is 32.5 Å². The first-order valence-electron chi connectivity index (χ1n) is 11.3. The summed E-state index contributed by atoms with van der Waals surface area (Å²) < 4.78 is 7.99. The van der Waals surface area contributed by atoms with E-state index < -0.39 is 0 Å². The van der Waals surface area contributed by atoms with Gasteiger partial charge in [-0.1, -0.05) is 90.1 Å². The quantitative estimate of drug-likeness (QED) is 0.189. The SMILES string of the molecule is Clc1ccccc1COc1ccc2ccccc2c1CNCCSc1nnnn1-c1ccccc1. The maximum Gasteiger partial charge on any atom is 0.214 e. The highest BCUT2D eigenvalue weighted by atomic mass is 35.5. The van der Waals surface area contributed by atoms with Crippen LogP contribution in [0.3, 0.4) is 0 Å². The van der Waals surface area contributed by atoms with Gasteiger partial charge in [0.2, 0.25) is 5.16 Å². The van der Waals surface area contributed by atoms with Crippen molar-refractivity contribution in [2.45, 2.75) is 18.3 Å². The number of nitrogens with one attached hydrogen (secondary N) is 1. The molecule has 0 atom stereocenters. The fourth-order valence-corrected chi connectivity index (χ4v) is 4.81. The number of hydrogen-bond donors (Lipinski definition) is 1. The molecule has 6 nitrogen and oxygen atoms in total. The van der Waals surface area contributed by atoms with E-state index in [2.05, 4.69) is 51.2 Å². The van der Waals surface area contributed by atoms with E-state index in [4.69, 9.17) is 16.3 Å². The Labute approximate surface area is 213 Å². The van der Waals surface area contributed by atoms with Crippen LogP contribution in [0.5, 0.6) is 5.75 Å². The van der Waals surface area contributed by atoms with Gasteiger partial charge in [-0.2, -0.15) is 4.68 Å². The Hall–Kier alpha value is -3.39. The number of rotatable bonds is 10. The summed E-state index contributed by atoms with van der Waals surface area (Å²) in [5, 5.41) is 19.5. The van der Waals surface area contributed by atoms with Crippen molar-refractivity contribution < 1.29 is 4.74 Å². The number of nitrogens with zero attached hydrogens (tertiary/aromatic N) is 4. The lowest BCUT2D eigenvalue weighted by molar-refractivity contribution is 0.303. The first-order chi connectivity index (χ1) is 17.3. The monoisotopic (exact) mass is 501 g/mol. The van der Waals surface area contributed by atoms with Gasteiger partial charge in [0.1, 0.15) is 12.4 Å². The van der Waals surface area contributed by atoms with Gasteiger partial charge in [0.05, 0.1) is 5.69 Å². The van der Waals surface area contributed by atoms with Crippen LogP contribution in [-0.2, 0) is 13.2 Å². The summed E-state index contributed by atoms with van der Waals surface area (Å²) in [5.74, 6) is 1.69. The molecule has 0 radical (unpaired) electrons. The molecule has 4 aromatic carbocycles. The molecule has 0 unspecified atom stereocenters. The minimum atomic E-state index is 0.420. The maximum absolute atomic E-state index is 6.33. The number of para-hydroxylation sites is 1. The fourth-order valence-electron chi connectivity index (χ4n) is 3.83. The van der Waals surface area contributed by atoms with Crippen LogP contribution in [0.25, 0.3) is 16.5 Å². The van der Waals surface area contributed by atoms with Crippen LogP contribution >= 0.6 is 23.4 Å². The zero-order chi connectivity index (χ0) is 23.9. The number of aromatic nitrogens is 4. The van der Waals surface area contributed by atoms with Crippen molar-refractivity contribution in [3.8, 4) is 11.4 Å². The molecule has 1 aromatic heterocycles. The molecule has 0 saturated carbocycles. The van der Waals surface area contributed by atoms with Crippen molar-refractivity contribution in [3.05, 3.63) is 107 Å². The molecule has 5 aromatic rings. The summed E-state index contributed by atoms with van der Waals surface area (Å²) in [7, 11) is 0. The van der Waals surface area contributed by atoms with Crippen LogP contribution in [0.1, 0.15) is 11.1 Å². The van der Waals surface area contributed by atoms with E-state index in [9.17, 15) is 0 Å². The zero-order valence-electron chi connectivity index (χ0n) is 19.0. The lowest BCUT2D eigenvalue weighted by Crippen LogP contribution is -2.18. The molecule has 0 aliphatic rings. The van der Waals surface area contributed by atoms with E-state index in [1.807, 2.05) is 60.7 Å². The Bertz CT molecular complexity index is 1410. The minimum absolute atomic E-state index is 0.420. The van der Waals surface area contributed by atoms with Gasteiger partial charge in [-0.15, -0.1) is 5.10 Å². The lowest BCUT2D eigenvalue weighted by Gasteiger charge is -2.15. The molecule has 8 heteroatoms. The van der Waals surface area contributed by atoms with Gasteiger partial charge in [0.15, 0.2) is 0 Å². The van der Waals surface area contributed by atoms with E-state index in [0.717, 1.165) is 40.0 Å². The molecule has 176 valence electrons. The third kappa shape index (κ3) is 5.65. The first kappa shape index (κ1) is 23.4. The first-order valence-corrected chi connectivity index (χ1v) is 12.7. The molecule has 1 N–H and O–H groups in total. The van der Waals surface area contributed by atoms with Gasteiger partial charge in [-0.25, -0.2) is 0 Å². The smallest absolute Gasteiger partial charge is 0.214 e. The van der Waals surface area contributed by atoms with Crippen molar-refractivity contribution in [3.63, 3.8) is 0 Å². The number of thioether (sulfide) groups is 1. The van der Waals surface area contributed by atoms with E-state index in [1.165, 1.54) is 10.8 Å². The Morgan fingerprint density at radius 2 is 1.69 bits per heavy atom. The van der Waals surface area contributed by atoms with Crippen LogP contribution in [0, 0.1) is 0 Å². The van der Waals surface area contributed by atoms with Gasteiger partial charge >= 0.3 is 0 Å². The molecule has 0 aliphatic carbocycles. The summed E-state index contributed by atoms with van der Waals surface area (Å²) in [5.41, 5.74) is 3.05. The van der Waals surface area contributed by atoms with Crippen molar-refractivity contribution in [2.75, 3.05) is 12.3 Å². The fraction of sp³-hybridized carbons (Fsp3) is 0.148. The normalized spacial score (nSPS) is 11.1. The van der Waals surface area contributed by atoms with Gasteiger partial charge in [0.25, 0.3) is 0 Å². The second-order valence-corrected chi connectivity index (χ2v) is 9.35. The molecule has 0 saturated heterocycles. The summed E-state index contributed by atoms with van der Waals surface area (Å²) in [6.07, 6.45) is 0. The molecule has 35 heavy (non-hydrogen) atoms. The summed E-state index contributed by atoms with van der Waals surface area (Å²) >= 11 is 7.94. The predicted octanol–water partition coefficient (Wildman–Crippen LogP) is 5.93. The maximum atomic E-state index is 6.33. The van der Waals surface area contributed by atoms with Crippen molar-refractivity contribution >= 4 is 34.1 Å². The Balaban J connectivity index is 1.24. The highest BCUT2D eigenvalue weighted by Crippen LogP contribution is 2.29. The summed E-state index contributed by atoms with van der Waals surface area (Å²) in [4.78, 5) is 0. The molecule has 0 fully saturated rings. The van der Waals surface area contributed by atoms with E-state index in [1.54, 1.807) is 16.4 Å². The van der Waals surface area contributed by atoms with Crippen molar-refractivity contribution in [1.29, 1.82) is 0 Å². The van der Waals surface area contributed by atoms with E-state index in [0.29, 0.717) is 18.2 Å². The summed E-state index contributed by atoms with van der Waals surface area (Å²) in [6, 6.07) is 30.2. The highest BCUT2D eigenvalue weighted by molar-refractivity contribution is 7.99. The van der Waals surface area contributed by atoms with Gasteiger partial charge < -0.3 is 10.1 Å². The largest absolute Gasteiger partial charge is 0.488 e. The van der Waals surface area contributed by atoms with E-state index >= 15 is 0 Å². The topological polar surface area (TPSA) is 64.9 Å². The molecule has 0 aliphatic heterocycles.